The molecule has 3 amide bonds. The van der Waals surface area contributed by atoms with Gasteiger partial charge < -0.3 is 5.32 Å². The third kappa shape index (κ3) is 4.82. The third-order valence-electron chi connectivity index (χ3n) is 4.77. The lowest BCUT2D eigenvalue weighted by Crippen LogP contribution is -2.28. The van der Waals surface area contributed by atoms with Gasteiger partial charge in [-0.25, -0.2) is 0 Å². The summed E-state index contributed by atoms with van der Waals surface area (Å²) in [5, 5.41) is 2.67. The van der Waals surface area contributed by atoms with E-state index in [1.54, 1.807) is 31.2 Å². The number of benzene rings is 2. The van der Waals surface area contributed by atoms with Gasteiger partial charge in [0.25, 0.3) is 5.91 Å². The fraction of sp³-hybridized carbons (Fsp3) is 0.286. The summed E-state index contributed by atoms with van der Waals surface area (Å²) in [5.41, 5.74) is 0.602. The molecule has 1 unspecified atom stereocenters. The van der Waals surface area contributed by atoms with Crippen molar-refractivity contribution in [1.82, 2.24) is 10.2 Å². The number of hydrogen-bond donors (Lipinski definition) is 1. The highest BCUT2D eigenvalue weighted by Gasteiger charge is 2.31. The first kappa shape index (κ1) is 20.6. The molecule has 1 saturated heterocycles. The normalized spacial score (nSPS) is 15.5. The number of halogens is 3. The topological polar surface area (TPSA) is 66.5 Å². The molecule has 0 aromatic heterocycles. The predicted molar refractivity (Wildman–Crippen MR) is 98.6 cm³/mol. The summed E-state index contributed by atoms with van der Waals surface area (Å²) in [6.07, 6.45) is -4.02. The molecular weight excluding hydrogens is 385 g/mol. The van der Waals surface area contributed by atoms with Crippen molar-refractivity contribution in [2.75, 3.05) is 0 Å². The fourth-order valence-corrected chi connectivity index (χ4v) is 3.09. The van der Waals surface area contributed by atoms with Crippen LogP contribution in [0.15, 0.2) is 48.5 Å². The van der Waals surface area contributed by atoms with E-state index in [4.69, 9.17) is 0 Å². The van der Waals surface area contributed by atoms with Crippen molar-refractivity contribution in [1.29, 1.82) is 0 Å². The number of carbonyl (C=O) groups is 3. The quantitative estimate of drug-likeness (QED) is 0.770. The molecule has 29 heavy (non-hydrogen) atoms. The second-order valence-corrected chi connectivity index (χ2v) is 6.89. The molecule has 2 aromatic carbocycles. The Kier molecular flexibility index (Phi) is 5.72. The summed E-state index contributed by atoms with van der Waals surface area (Å²) in [4.78, 5) is 37.0. The van der Waals surface area contributed by atoms with Gasteiger partial charge in [-0.2, -0.15) is 13.2 Å². The SMILES string of the molecule is CC(NC(=O)c1ccc(CN2C(=O)CCC2=O)cc1)c1cccc(C(F)(F)F)c1. The highest BCUT2D eigenvalue weighted by molar-refractivity contribution is 6.01. The predicted octanol–water partition coefficient (Wildman–Crippen LogP) is 3.85. The van der Waals surface area contributed by atoms with Crippen LogP contribution >= 0.6 is 0 Å². The molecule has 8 heteroatoms. The minimum atomic E-state index is -4.45. The molecule has 0 spiro atoms. The van der Waals surface area contributed by atoms with Crippen molar-refractivity contribution in [3.8, 4) is 0 Å². The lowest BCUT2D eigenvalue weighted by Gasteiger charge is -2.17. The van der Waals surface area contributed by atoms with E-state index >= 15 is 0 Å². The molecule has 3 rings (SSSR count). The molecule has 1 aliphatic heterocycles. The van der Waals surface area contributed by atoms with Gasteiger partial charge in [-0.3, -0.25) is 19.3 Å². The Bertz CT molecular complexity index is 923. The van der Waals surface area contributed by atoms with Gasteiger partial charge >= 0.3 is 6.18 Å². The average molecular weight is 404 g/mol. The van der Waals surface area contributed by atoms with E-state index in [9.17, 15) is 27.6 Å². The van der Waals surface area contributed by atoms with Gasteiger partial charge in [-0.05, 0) is 42.3 Å². The van der Waals surface area contributed by atoms with Crippen LogP contribution in [-0.4, -0.2) is 22.6 Å². The fourth-order valence-electron chi connectivity index (χ4n) is 3.09. The Morgan fingerprint density at radius 3 is 2.28 bits per heavy atom. The summed E-state index contributed by atoms with van der Waals surface area (Å²) >= 11 is 0. The van der Waals surface area contributed by atoms with Crippen molar-refractivity contribution >= 4 is 17.7 Å². The monoisotopic (exact) mass is 404 g/mol. The molecule has 1 fully saturated rings. The zero-order chi connectivity index (χ0) is 21.2. The molecule has 1 aliphatic rings. The molecule has 152 valence electrons. The van der Waals surface area contributed by atoms with Gasteiger partial charge in [-0.1, -0.05) is 24.3 Å². The summed E-state index contributed by atoms with van der Waals surface area (Å²) in [5.74, 6) is -0.867. The number of nitrogens with zero attached hydrogens (tertiary/aromatic N) is 1. The zero-order valence-corrected chi connectivity index (χ0v) is 15.6. The number of imide groups is 1. The lowest BCUT2D eigenvalue weighted by atomic mass is 10.0. The van der Waals surface area contributed by atoms with E-state index in [0.717, 1.165) is 12.1 Å². The summed E-state index contributed by atoms with van der Waals surface area (Å²) in [6, 6.07) is 10.6. The standard InChI is InChI=1S/C21H19F3N2O3/c1-13(16-3-2-4-17(11-16)21(22,23)24)25-20(29)15-7-5-14(6-8-15)12-26-18(27)9-10-19(26)28/h2-8,11,13H,9-10,12H2,1H3,(H,25,29). The van der Waals surface area contributed by atoms with Crippen LogP contribution in [0, 0.1) is 0 Å². The molecule has 2 aromatic rings. The molecule has 0 radical (unpaired) electrons. The molecule has 1 atom stereocenters. The Morgan fingerprint density at radius 1 is 1.07 bits per heavy atom. The van der Waals surface area contributed by atoms with E-state index in [0.29, 0.717) is 16.7 Å². The largest absolute Gasteiger partial charge is 0.416 e. The van der Waals surface area contributed by atoms with Gasteiger partial charge in [0.2, 0.25) is 11.8 Å². The number of nitrogens with one attached hydrogen (secondary N) is 1. The summed E-state index contributed by atoms with van der Waals surface area (Å²) in [7, 11) is 0. The minimum Gasteiger partial charge on any atom is -0.346 e. The van der Waals surface area contributed by atoms with Crippen LogP contribution in [0.25, 0.3) is 0 Å². The molecular formula is C21H19F3N2O3. The van der Waals surface area contributed by atoms with Gasteiger partial charge in [0.15, 0.2) is 0 Å². The van der Waals surface area contributed by atoms with E-state index < -0.39 is 23.7 Å². The number of likely N-dealkylation sites (tertiary alicyclic amines) is 1. The highest BCUT2D eigenvalue weighted by Crippen LogP contribution is 2.30. The molecule has 1 N–H and O–H groups in total. The van der Waals surface area contributed by atoms with E-state index in [2.05, 4.69) is 5.32 Å². The number of carbonyl (C=O) groups excluding carboxylic acids is 3. The van der Waals surface area contributed by atoms with Crippen LogP contribution in [0.5, 0.6) is 0 Å². The molecule has 5 nitrogen and oxygen atoms in total. The van der Waals surface area contributed by atoms with Gasteiger partial charge in [0, 0.05) is 18.4 Å². The van der Waals surface area contributed by atoms with Crippen LogP contribution in [0.1, 0.15) is 52.9 Å². The molecule has 0 bridgehead atoms. The lowest BCUT2D eigenvalue weighted by molar-refractivity contribution is -0.139. The van der Waals surface area contributed by atoms with E-state index in [1.807, 2.05) is 0 Å². The van der Waals surface area contributed by atoms with Crippen LogP contribution in [0.2, 0.25) is 0 Å². The van der Waals surface area contributed by atoms with Crippen molar-refractivity contribution in [3.63, 3.8) is 0 Å². The van der Waals surface area contributed by atoms with Crippen molar-refractivity contribution in [3.05, 3.63) is 70.8 Å². The van der Waals surface area contributed by atoms with Crippen molar-refractivity contribution in [2.45, 2.75) is 38.5 Å². The average Bonchev–Trinajstić information content (AvgIpc) is 3.00. The first-order valence-electron chi connectivity index (χ1n) is 9.05. The molecule has 0 aliphatic carbocycles. The van der Waals surface area contributed by atoms with E-state index in [1.165, 1.54) is 17.0 Å². The summed E-state index contributed by atoms with van der Waals surface area (Å²) in [6.45, 7) is 1.76. The third-order valence-corrected chi connectivity index (χ3v) is 4.77. The number of hydrogen-bond acceptors (Lipinski definition) is 3. The van der Waals surface area contributed by atoms with Crippen LogP contribution in [-0.2, 0) is 22.3 Å². The number of alkyl halides is 3. The Hall–Kier alpha value is -3.16. The second kappa shape index (κ2) is 8.06. The van der Waals surface area contributed by atoms with Crippen LogP contribution < -0.4 is 5.32 Å². The molecule has 0 saturated carbocycles. The Labute approximate surface area is 165 Å². The zero-order valence-electron chi connectivity index (χ0n) is 15.6. The minimum absolute atomic E-state index is 0.153. The Balaban J connectivity index is 1.65. The highest BCUT2D eigenvalue weighted by atomic mass is 19.4. The number of rotatable bonds is 5. The van der Waals surface area contributed by atoms with Crippen LogP contribution in [0.4, 0.5) is 13.2 Å². The van der Waals surface area contributed by atoms with Crippen molar-refractivity contribution in [2.24, 2.45) is 0 Å². The first-order chi connectivity index (χ1) is 13.6. The number of amides is 3. The molecule has 1 heterocycles. The Morgan fingerprint density at radius 2 is 1.69 bits per heavy atom. The maximum Gasteiger partial charge on any atom is 0.416 e. The van der Waals surface area contributed by atoms with Crippen molar-refractivity contribution < 1.29 is 27.6 Å². The second-order valence-electron chi connectivity index (χ2n) is 6.89. The maximum atomic E-state index is 12.9. The van der Waals surface area contributed by atoms with Gasteiger partial charge in [-0.15, -0.1) is 0 Å². The van der Waals surface area contributed by atoms with E-state index in [-0.39, 0.29) is 31.2 Å². The summed E-state index contributed by atoms with van der Waals surface area (Å²) < 4.78 is 38.6. The maximum absolute atomic E-state index is 12.9. The smallest absolute Gasteiger partial charge is 0.346 e. The van der Waals surface area contributed by atoms with Gasteiger partial charge in [0.1, 0.15) is 0 Å². The first-order valence-corrected chi connectivity index (χ1v) is 9.05. The van der Waals surface area contributed by atoms with Gasteiger partial charge in [0.05, 0.1) is 18.2 Å². The van der Waals surface area contributed by atoms with Crippen LogP contribution in [0.3, 0.4) is 0 Å².